The summed E-state index contributed by atoms with van der Waals surface area (Å²) in [4.78, 5) is 19.9. The molecule has 2 aromatic carbocycles. The van der Waals surface area contributed by atoms with Gasteiger partial charge in [0.15, 0.2) is 5.78 Å². The number of anilines is 1. The van der Waals surface area contributed by atoms with Crippen LogP contribution in [0, 0.1) is 6.92 Å². The van der Waals surface area contributed by atoms with Crippen molar-refractivity contribution in [3.05, 3.63) is 65.4 Å². The number of aromatic amines is 1. The van der Waals surface area contributed by atoms with Crippen molar-refractivity contribution in [1.29, 1.82) is 0 Å². The van der Waals surface area contributed by atoms with Crippen LogP contribution in [0.4, 0.5) is 5.69 Å². The SMILES string of the molecule is CC(=O)c1ccc(N2CCN(Cc3c(C)[nH]c4ccccc34)CC2)cc1. The van der Waals surface area contributed by atoms with Gasteiger partial charge in [-0.3, -0.25) is 9.69 Å². The maximum Gasteiger partial charge on any atom is 0.159 e. The summed E-state index contributed by atoms with van der Waals surface area (Å²) in [5, 5.41) is 1.34. The van der Waals surface area contributed by atoms with Crippen LogP contribution < -0.4 is 4.90 Å². The summed E-state index contributed by atoms with van der Waals surface area (Å²) in [6, 6.07) is 16.5. The Labute approximate surface area is 154 Å². The average Bonchev–Trinajstić information content (AvgIpc) is 2.98. The third kappa shape index (κ3) is 3.25. The van der Waals surface area contributed by atoms with Gasteiger partial charge in [0.1, 0.15) is 0 Å². The zero-order valence-electron chi connectivity index (χ0n) is 15.5. The van der Waals surface area contributed by atoms with Gasteiger partial charge in [-0.2, -0.15) is 0 Å². The van der Waals surface area contributed by atoms with E-state index in [0.29, 0.717) is 0 Å². The van der Waals surface area contributed by atoms with E-state index < -0.39 is 0 Å². The largest absolute Gasteiger partial charge is 0.369 e. The van der Waals surface area contributed by atoms with Crippen LogP contribution in [0.15, 0.2) is 48.5 Å². The molecule has 0 radical (unpaired) electrons. The molecule has 1 aromatic heterocycles. The van der Waals surface area contributed by atoms with Gasteiger partial charge in [0.2, 0.25) is 0 Å². The summed E-state index contributed by atoms with van der Waals surface area (Å²) >= 11 is 0. The Morgan fingerprint density at radius 2 is 1.69 bits per heavy atom. The van der Waals surface area contributed by atoms with Crippen LogP contribution in [0.1, 0.15) is 28.5 Å². The number of rotatable bonds is 4. The van der Waals surface area contributed by atoms with E-state index >= 15 is 0 Å². The van der Waals surface area contributed by atoms with Crippen LogP contribution in [0.3, 0.4) is 0 Å². The molecule has 0 bridgehead atoms. The van der Waals surface area contributed by atoms with Gasteiger partial charge in [-0.15, -0.1) is 0 Å². The molecule has 1 aliphatic rings. The summed E-state index contributed by atoms with van der Waals surface area (Å²) in [5.41, 5.74) is 5.90. The maximum atomic E-state index is 11.4. The maximum absolute atomic E-state index is 11.4. The third-order valence-electron chi connectivity index (χ3n) is 5.42. The molecular formula is C22H25N3O. The van der Waals surface area contributed by atoms with Gasteiger partial charge < -0.3 is 9.88 Å². The Hall–Kier alpha value is -2.59. The van der Waals surface area contributed by atoms with Gasteiger partial charge >= 0.3 is 0 Å². The zero-order chi connectivity index (χ0) is 18.1. The number of fused-ring (bicyclic) bond motifs is 1. The molecule has 1 N–H and O–H groups in total. The topological polar surface area (TPSA) is 39.3 Å². The Morgan fingerprint density at radius 3 is 2.38 bits per heavy atom. The highest BCUT2D eigenvalue weighted by Crippen LogP contribution is 2.24. The van der Waals surface area contributed by atoms with Crippen molar-refractivity contribution in [2.75, 3.05) is 31.1 Å². The molecule has 0 saturated carbocycles. The van der Waals surface area contributed by atoms with Gasteiger partial charge in [-0.1, -0.05) is 18.2 Å². The van der Waals surface area contributed by atoms with E-state index in [1.165, 1.54) is 27.8 Å². The van der Waals surface area contributed by atoms with Crippen LogP contribution in [-0.4, -0.2) is 41.8 Å². The summed E-state index contributed by atoms with van der Waals surface area (Å²) < 4.78 is 0. The Morgan fingerprint density at radius 1 is 1.00 bits per heavy atom. The number of piperazine rings is 1. The standard InChI is InChI=1S/C22H25N3O/c1-16-21(20-5-3-4-6-22(20)23-16)15-24-11-13-25(14-12-24)19-9-7-18(8-10-19)17(2)26/h3-10,23H,11-15H2,1-2H3. The molecule has 2 heterocycles. The van der Waals surface area contributed by atoms with Crippen molar-refractivity contribution in [2.45, 2.75) is 20.4 Å². The molecule has 26 heavy (non-hydrogen) atoms. The van der Waals surface area contributed by atoms with E-state index in [1.54, 1.807) is 6.92 Å². The predicted octanol–water partition coefficient (Wildman–Crippen LogP) is 4.00. The lowest BCUT2D eigenvalue weighted by Crippen LogP contribution is -2.46. The molecular weight excluding hydrogens is 322 g/mol. The fourth-order valence-electron chi connectivity index (χ4n) is 3.83. The molecule has 0 unspecified atom stereocenters. The molecule has 4 nitrogen and oxygen atoms in total. The molecule has 3 aromatic rings. The van der Waals surface area contributed by atoms with Gasteiger partial charge in [-0.05, 0) is 49.7 Å². The van der Waals surface area contributed by atoms with Gasteiger partial charge in [0.05, 0.1) is 0 Å². The molecule has 1 aliphatic heterocycles. The fraction of sp³-hybridized carbons (Fsp3) is 0.318. The van der Waals surface area contributed by atoms with E-state index in [9.17, 15) is 4.79 Å². The number of hydrogen-bond acceptors (Lipinski definition) is 3. The van der Waals surface area contributed by atoms with Gasteiger partial charge in [-0.25, -0.2) is 0 Å². The number of Topliss-reactive ketones (excluding diaryl/α,β-unsaturated/α-hetero) is 1. The quantitative estimate of drug-likeness (QED) is 0.725. The van der Waals surface area contributed by atoms with Crippen LogP contribution in [0.5, 0.6) is 0 Å². The zero-order valence-corrected chi connectivity index (χ0v) is 15.5. The molecule has 0 spiro atoms. The van der Waals surface area contributed by atoms with Crippen molar-refractivity contribution in [2.24, 2.45) is 0 Å². The minimum atomic E-state index is 0.121. The van der Waals surface area contributed by atoms with Crippen molar-refractivity contribution in [3.63, 3.8) is 0 Å². The van der Waals surface area contributed by atoms with Gasteiger partial charge in [0, 0.05) is 60.6 Å². The Bertz CT molecular complexity index is 918. The monoisotopic (exact) mass is 347 g/mol. The highest BCUT2D eigenvalue weighted by Gasteiger charge is 2.19. The lowest BCUT2D eigenvalue weighted by molar-refractivity contribution is 0.101. The lowest BCUT2D eigenvalue weighted by atomic mass is 10.1. The number of ketones is 1. The van der Waals surface area contributed by atoms with Crippen LogP contribution in [0.2, 0.25) is 0 Å². The number of para-hydroxylation sites is 1. The summed E-state index contributed by atoms with van der Waals surface area (Å²) in [6.07, 6.45) is 0. The van der Waals surface area contributed by atoms with E-state index in [-0.39, 0.29) is 5.78 Å². The molecule has 134 valence electrons. The number of H-pyrrole nitrogens is 1. The number of nitrogens with one attached hydrogen (secondary N) is 1. The first kappa shape index (κ1) is 16.9. The first-order chi connectivity index (χ1) is 12.6. The second-order valence-corrected chi connectivity index (χ2v) is 7.14. The molecule has 0 aliphatic carbocycles. The molecule has 0 amide bonds. The number of aryl methyl sites for hydroxylation is 1. The number of aromatic nitrogens is 1. The Balaban J connectivity index is 1.42. The molecule has 0 atom stereocenters. The molecule has 4 heteroatoms. The number of carbonyl (C=O) groups excluding carboxylic acids is 1. The van der Waals surface area contributed by atoms with Crippen molar-refractivity contribution in [3.8, 4) is 0 Å². The smallest absolute Gasteiger partial charge is 0.159 e. The fourth-order valence-corrected chi connectivity index (χ4v) is 3.83. The van der Waals surface area contributed by atoms with Crippen molar-refractivity contribution >= 4 is 22.4 Å². The van der Waals surface area contributed by atoms with E-state index in [0.717, 1.165) is 38.3 Å². The Kier molecular flexibility index (Phi) is 4.51. The van der Waals surface area contributed by atoms with E-state index in [2.05, 4.69) is 58.1 Å². The van der Waals surface area contributed by atoms with Crippen LogP contribution in [-0.2, 0) is 6.54 Å². The lowest BCUT2D eigenvalue weighted by Gasteiger charge is -2.36. The predicted molar refractivity (Wildman–Crippen MR) is 107 cm³/mol. The van der Waals surface area contributed by atoms with E-state index in [1.807, 2.05) is 12.1 Å². The number of benzene rings is 2. The summed E-state index contributed by atoms with van der Waals surface area (Å²) in [5.74, 6) is 0.121. The van der Waals surface area contributed by atoms with E-state index in [4.69, 9.17) is 0 Å². The first-order valence-electron chi connectivity index (χ1n) is 9.26. The minimum Gasteiger partial charge on any atom is -0.369 e. The molecule has 4 rings (SSSR count). The molecule has 1 fully saturated rings. The highest BCUT2D eigenvalue weighted by atomic mass is 16.1. The van der Waals surface area contributed by atoms with Crippen molar-refractivity contribution < 1.29 is 4.79 Å². The van der Waals surface area contributed by atoms with Crippen LogP contribution in [0.25, 0.3) is 10.9 Å². The normalized spacial score (nSPS) is 15.5. The minimum absolute atomic E-state index is 0.121. The number of hydrogen-bond donors (Lipinski definition) is 1. The second-order valence-electron chi connectivity index (χ2n) is 7.14. The number of nitrogens with zero attached hydrogens (tertiary/aromatic N) is 2. The second kappa shape index (κ2) is 6.96. The number of carbonyl (C=O) groups is 1. The van der Waals surface area contributed by atoms with Crippen LogP contribution >= 0.6 is 0 Å². The first-order valence-corrected chi connectivity index (χ1v) is 9.26. The summed E-state index contributed by atoms with van der Waals surface area (Å²) in [7, 11) is 0. The van der Waals surface area contributed by atoms with Crippen molar-refractivity contribution in [1.82, 2.24) is 9.88 Å². The summed E-state index contributed by atoms with van der Waals surface area (Å²) in [6.45, 7) is 8.90. The molecule has 1 saturated heterocycles. The third-order valence-corrected chi connectivity index (χ3v) is 5.42. The average molecular weight is 347 g/mol. The van der Waals surface area contributed by atoms with Gasteiger partial charge in [0.25, 0.3) is 0 Å². The highest BCUT2D eigenvalue weighted by molar-refractivity contribution is 5.94.